The summed E-state index contributed by atoms with van der Waals surface area (Å²) in [7, 11) is 0. The van der Waals surface area contributed by atoms with Crippen molar-refractivity contribution >= 4 is 17.2 Å². The van der Waals surface area contributed by atoms with Crippen LogP contribution in [0.1, 0.15) is 43.2 Å². The van der Waals surface area contributed by atoms with E-state index in [9.17, 15) is 4.79 Å². The Morgan fingerprint density at radius 1 is 1.12 bits per heavy atom. The van der Waals surface area contributed by atoms with Crippen molar-refractivity contribution in [3.8, 4) is 11.5 Å². The number of benzene rings is 1. The molecule has 2 heterocycles. The zero-order valence-electron chi connectivity index (χ0n) is 15.0. The quantitative estimate of drug-likeness (QED) is 0.832. The van der Waals surface area contributed by atoms with Crippen LogP contribution >= 0.6 is 11.3 Å². The van der Waals surface area contributed by atoms with Crippen LogP contribution < -0.4 is 14.8 Å². The largest absolute Gasteiger partial charge is 0.486 e. The number of rotatable bonds is 6. The third kappa shape index (κ3) is 3.73. The lowest BCUT2D eigenvalue weighted by molar-refractivity contribution is -0.121. The van der Waals surface area contributed by atoms with Crippen LogP contribution in [-0.2, 0) is 16.6 Å². The first-order chi connectivity index (χ1) is 12.8. The molecule has 5 heteroatoms. The van der Waals surface area contributed by atoms with Crippen molar-refractivity contribution in [1.29, 1.82) is 0 Å². The maximum Gasteiger partial charge on any atom is 0.220 e. The fourth-order valence-electron chi connectivity index (χ4n) is 4.04. The summed E-state index contributed by atoms with van der Waals surface area (Å²) in [6.07, 6.45) is 5.99. The SMILES string of the molecule is O=C(CCc1ccsc1)NCC1(c2ccc3c(c2)OCCO3)CCCC1. The molecule has 1 aromatic carbocycles. The summed E-state index contributed by atoms with van der Waals surface area (Å²) in [5.74, 6) is 1.80. The minimum atomic E-state index is 0.0217. The van der Waals surface area contributed by atoms with Crippen LogP contribution in [0.15, 0.2) is 35.0 Å². The van der Waals surface area contributed by atoms with Crippen LogP contribution in [0.2, 0.25) is 0 Å². The number of thiophene rings is 1. The number of hydrogen-bond donors (Lipinski definition) is 1. The summed E-state index contributed by atoms with van der Waals surface area (Å²) >= 11 is 1.68. The van der Waals surface area contributed by atoms with Crippen molar-refractivity contribution < 1.29 is 14.3 Å². The van der Waals surface area contributed by atoms with E-state index in [-0.39, 0.29) is 11.3 Å². The Hall–Kier alpha value is -2.01. The summed E-state index contributed by atoms with van der Waals surface area (Å²) in [5, 5.41) is 7.37. The minimum Gasteiger partial charge on any atom is -0.486 e. The molecule has 1 saturated carbocycles. The molecule has 4 nitrogen and oxygen atoms in total. The molecule has 1 aliphatic carbocycles. The number of carbonyl (C=O) groups is 1. The lowest BCUT2D eigenvalue weighted by Crippen LogP contribution is -2.39. The van der Waals surface area contributed by atoms with Gasteiger partial charge >= 0.3 is 0 Å². The maximum absolute atomic E-state index is 12.3. The van der Waals surface area contributed by atoms with Crippen LogP contribution in [0.3, 0.4) is 0 Å². The van der Waals surface area contributed by atoms with E-state index in [0.29, 0.717) is 26.2 Å². The Labute approximate surface area is 158 Å². The number of aryl methyl sites for hydroxylation is 1. The average molecular weight is 372 g/mol. The van der Waals surface area contributed by atoms with Crippen LogP contribution in [0, 0.1) is 0 Å². The van der Waals surface area contributed by atoms with E-state index in [0.717, 1.165) is 30.8 Å². The van der Waals surface area contributed by atoms with Gasteiger partial charge < -0.3 is 14.8 Å². The van der Waals surface area contributed by atoms with Crippen LogP contribution in [0.25, 0.3) is 0 Å². The summed E-state index contributed by atoms with van der Waals surface area (Å²) in [6, 6.07) is 8.38. The van der Waals surface area contributed by atoms with Crippen molar-refractivity contribution in [2.75, 3.05) is 19.8 Å². The second-order valence-corrected chi connectivity index (χ2v) is 8.03. The summed E-state index contributed by atoms with van der Waals surface area (Å²) in [5.41, 5.74) is 2.53. The molecule has 1 aliphatic heterocycles. The predicted octanol–water partition coefficient (Wildman–Crippen LogP) is 4.08. The summed E-state index contributed by atoms with van der Waals surface area (Å²) < 4.78 is 11.4. The molecule has 2 aromatic rings. The molecule has 0 spiro atoms. The first kappa shape index (κ1) is 17.4. The Bertz CT molecular complexity index is 751. The predicted molar refractivity (Wildman–Crippen MR) is 103 cm³/mol. The molecule has 138 valence electrons. The minimum absolute atomic E-state index is 0.0217. The highest BCUT2D eigenvalue weighted by atomic mass is 32.1. The normalized spacial score (nSPS) is 17.8. The highest BCUT2D eigenvalue weighted by molar-refractivity contribution is 7.07. The standard InChI is InChI=1S/C21H25NO3S/c23-20(6-3-16-7-12-26-14-16)22-15-21(8-1-2-9-21)17-4-5-18-19(13-17)25-11-10-24-18/h4-5,7,12-14H,1-3,6,8-11,15H2,(H,22,23). The Balaban J connectivity index is 1.42. The Morgan fingerprint density at radius 2 is 1.92 bits per heavy atom. The van der Waals surface area contributed by atoms with Gasteiger partial charge in [-0.05, 0) is 59.3 Å². The van der Waals surface area contributed by atoms with Crippen LogP contribution in [0.4, 0.5) is 0 Å². The molecule has 1 amide bonds. The highest BCUT2D eigenvalue weighted by Crippen LogP contribution is 2.43. The molecule has 1 N–H and O–H groups in total. The molecule has 1 aromatic heterocycles. The molecular weight excluding hydrogens is 346 g/mol. The van der Waals surface area contributed by atoms with E-state index in [2.05, 4.69) is 34.3 Å². The van der Waals surface area contributed by atoms with Gasteiger partial charge in [0.25, 0.3) is 0 Å². The van der Waals surface area contributed by atoms with Gasteiger partial charge in [0.2, 0.25) is 5.91 Å². The lowest BCUT2D eigenvalue weighted by Gasteiger charge is -2.31. The molecule has 2 aliphatic rings. The number of nitrogens with one attached hydrogen (secondary N) is 1. The van der Waals surface area contributed by atoms with E-state index in [1.165, 1.54) is 24.0 Å². The van der Waals surface area contributed by atoms with Gasteiger partial charge in [0.15, 0.2) is 11.5 Å². The van der Waals surface area contributed by atoms with Gasteiger partial charge in [-0.2, -0.15) is 11.3 Å². The summed E-state index contributed by atoms with van der Waals surface area (Å²) in [4.78, 5) is 12.3. The maximum atomic E-state index is 12.3. The van der Waals surface area contributed by atoms with Gasteiger partial charge in [-0.3, -0.25) is 4.79 Å². The third-order valence-corrected chi connectivity index (χ3v) is 6.29. The number of hydrogen-bond acceptors (Lipinski definition) is 4. The van der Waals surface area contributed by atoms with E-state index in [1.807, 2.05) is 6.07 Å². The molecule has 26 heavy (non-hydrogen) atoms. The van der Waals surface area contributed by atoms with Crippen LogP contribution in [-0.4, -0.2) is 25.7 Å². The first-order valence-corrected chi connectivity index (χ1v) is 10.4. The van der Waals surface area contributed by atoms with Gasteiger partial charge in [0.1, 0.15) is 13.2 Å². The average Bonchev–Trinajstić information content (AvgIpc) is 3.37. The smallest absolute Gasteiger partial charge is 0.220 e. The van der Waals surface area contributed by atoms with Crippen molar-refractivity contribution in [3.05, 3.63) is 46.2 Å². The zero-order chi connectivity index (χ0) is 17.8. The van der Waals surface area contributed by atoms with Gasteiger partial charge in [0.05, 0.1) is 0 Å². The molecule has 4 rings (SSSR count). The number of fused-ring (bicyclic) bond motifs is 1. The Morgan fingerprint density at radius 3 is 2.69 bits per heavy atom. The van der Waals surface area contributed by atoms with Crippen molar-refractivity contribution in [2.45, 2.75) is 43.9 Å². The molecular formula is C21H25NO3S. The van der Waals surface area contributed by atoms with Gasteiger partial charge in [-0.25, -0.2) is 0 Å². The molecule has 0 saturated heterocycles. The fourth-order valence-corrected chi connectivity index (χ4v) is 4.74. The number of amides is 1. The molecule has 0 radical (unpaired) electrons. The highest BCUT2D eigenvalue weighted by Gasteiger charge is 2.36. The van der Waals surface area contributed by atoms with Crippen molar-refractivity contribution in [1.82, 2.24) is 5.32 Å². The van der Waals surface area contributed by atoms with E-state index in [4.69, 9.17) is 9.47 Å². The van der Waals surface area contributed by atoms with E-state index in [1.54, 1.807) is 11.3 Å². The van der Waals surface area contributed by atoms with Gasteiger partial charge in [0, 0.05) is 18.4 Å². The lowest BCUT2D eigenvalue weighted by atomic mass is 9.78. The number of ether oxygens (including phenoxy) is 2. The second-order valence-electron chi connectivity index (χ2n) is 7.25. The Kier molecular flexibility index (Phi) is 5.16. The van der Waals surface area contributed by atoms with Gasteiger partial charge in [-0.1, -0.05) is 18.9 Å². The van der Waals surface area contributed by atoms with E-state index < -0.39 is 0 Å². The third-order valence-electron chi connectivity index (χ3n) is 5.56. The molecule has 0 unspecified atom stereocenters. The fraction of sp³-hybridized carbons (Fsp3) is 0.476. The van der Waals surface area contributed by atoms with Crippen molar-refractivity contribution in [3.63, 3.8) is 0 Å². The van der Waals surface area contributed by atoms with Crippen molar-refractivity contribution in [2.24, 2.45) is 0 Å². The first-order valence-electron chi connectivity index (χ1n) is 9.43. The van der Waals surface area contributed by atoms with Gasteiger partial charge in [-0.15, -0.1) is 0 Å². The van der Waals surface area contributed by atoms with Crippen LogP contribution in [0.5, 0.6) is 11.5 Å². The monoisotopic (exact) mass is 371 g/mol. The summed E-state index contributed by atoms with van der Waals surface area (Å²) in [6.45, 7) is 1.91. The number of carbonyl (C=O) groups excluding carboxylic acids is 1. The topological polar surface area (TPSA) is 47.6 Å². The molecule has 1 fully saturated rings. The molecule has 0 bridgehead atoms. The molecule has 0 atom stereocenters. The zero-order valence-corrected chi connectivity index (χ0v) is 15.8. The second kappa shape index (κ2) is 7.70. The van der Waals surface area contributed by atoms with E-state index >= 15 is 0 Å².